The maximum Gasteiger partial charge on any atom is 0.264 e. The standard InChI is InChI=1S/C36H36N6O8S/c1-3-27(23-9-13-26(14-10-23)50-21-24-17-18-38-36(39-24)41-51(2,47)48)22-7-11-25(12-8-22)49-20-19-37-29-6-4-5-28-32(29)35(46)42(34(28)45)30-15-16-31(43)40-33(30)44/h4-14,17-18,27,30,37H,3,15-16,19-21H2,1-2H3,(H,38,39,41)(H,40,43,44). The number of nitrogens with zero attached hydrogens (tertiary/aromatic N) is 3. The first-order valence-corrected chi connectivity index (χ1v) is 18.2. The number of amides is 4. The van der Waals surface area contributed by atoms with Crippen LogP contribution in [-0.4, -0.2) is 72.4 Å². The van der Waals surface area contributed by atoms with Gasteiger partial charge in [0.2, 0.25) is 27.8 Å². The average molecular weight is 713 g/mol. The van der Waals surface area contributed by atoms with E-state index in [1.807, 2.05) is 48.5 Å². The van der Waals surface area contributed by atoms with E-state index in [4.69, 9.17) is 9.47 Å². The highest BCUT2D eigenvalue weighted by Gasteiger charge is 2.45. The van der Waals surface area contributed by atoms with Gasteiger partial charge in [0, 0.05) is 30.8 Å². The van der Waals surface area contributed by atoms with E-state index in [0.29, 0.717) is 29.4 Å². The zero-order chi connectivity index (χ0) is 36.1. The molecule has 0 spiro atoms. The SMILES string of the molecule is CCC(c1ccc(OCCNc2cccc3c2C(=O)N(C2CCC(=O)NC2=O)C3=O)cc1)c1ccc(OCc2ccnc(NS(C)(=O)=O)n2)cc1. The molecule has 4 amide bonds. The van der Waals surface area contributed by atoms with Crippen molar-refractivity contribution in [3.63, 3.8) is 0 Å². The number of benzene rings is 3. The molecule has 1 fully saturated rings. The lowest BCUT2D eigenvalue weighted by Crippen LogP contribution is -2.54. The molecule has 2 atom stereocenters. The molecule has 2 aliphatic rings. The van der Waals surface area contributed by atoms with Gasteiger partial charge in [-0.2, -0.15) is 0 Å². The van der Waals surface area contributed by atoms with Gasteiger partial charge >= 0.3 is 0 Å². The van der Waals surface area contributed by atoms with Gasteiger partial charge in [0.25, 0.3) is 11.8 Å². The second-order valence-corrected chi connectivity index (χ2v) is 13.8. The van der Waals surface area contributed by atoms with E-state index in [-0.39, 0.29) is 49.0 Å². The van der Waals surface area contributed by atoms with Gasteiger partial charge in [0.05, 0.1) is 23.1 Å². The summed E-state index contributed by atoms with van der Waals surface area (Å²) in [5.41, 5.74) is 3.63. The summed E-state index contributed by atoms with van der Waals surface area (Å²) in [4.78, 5) is 59.4. The van der Waals surface area contributed by atoms with Crippen molar-refractivity contribution < 1.29 is 37.1 Å². The van der Waals surface area contributed by atoms with Crippen LogP contribution in [0, 0.1) is 0 Å². The summed E-state index contributed by atoms with van der Waals surface area (Å²) in [7, 11) is -3.49. The summed E-state index contributed by atoms with van der Waals surface area (Å²) in [5.74, 6) is -0.756. The molecule has 0 saturated carbocycles. The Balaban J connectivity index is 1.01. The number of imide groups is 2. The summed E-state index contributed by atoms with van der Waals surface area (Å²) in [6, 6.07) is 21.2. The predicted octanol–water partition coefficient (Wildman–Crippen LogP) is 3.86. The number of carbonyl (C=O) groups is 4. The largest absolute Gasteiger partial charge is 0.492 e. The molecule has 3 N–H and O–H groups in total. The molecule has 0 radical (unpaired) electrons. The highest BCUT2D eigenvalue weighted by molar-refractivity contribution is 7.92. The molecule has 4 aromatic rings. The van der Waals surface area contributed by atoms with E-state index < -0.39 is 39.7 Å². The lowest BCUT2D eigenvalue weighted by atomic mass is 9.89. The lowest BCUT2D eigenvalue weighted by Gasteiger charge is -2.27. The summed E-state index contributed by atoms with van der Waals surface area (Å²) in [5, 5.41) is 5.39. The van der Waals surface area contributed by atoms with Crippen LogP contribution in [0.15, 0.2) is 79.0 Å². The number of hydrogen-bond donors (Lipinski definition) is 3. The van der Waals surface area contributed by atoms with Crippen LogP contribution >= 0.6 is 0 Å². The second-order valence-electron chi connectivity index (χ2n) is 12.1. The maximum atomic E-state index is 13.3. The van der Waals surface area contributed by atoms with Crippen molar-refractivity contribution in [2.45, 2.75) is 44.8 Å². The molecule has 2 aliphatic heterocycles. The fourth-order valence-corrected chi connectivity index (χ4v) is 6.55. The van der Waals surface area contributed by atoms with Gasteiger partial charge in [0.15, 0.2) is 0 Å². The molecular formula is C36H36N6O8S. The van der Waals surface area contributed by atoms with Crippen molar-refractivity contribution in [1.82, 2.24) is 20.2 Å². The Morgan fingerprint density at radius 2 is 1.61 bits per heavy atom. The van der Waals surface area contributed by atoms with Gasteiger partial charge in [0.1, 0.15) is 30.8 Å². The number of hydrogen-bond acceptors (Lipinski definition) is 11. The molecule has 0 bridgehead atoms. The molecular weight excluding hydrogens is 676 g/mol. The van der Waals surface area contributed by atoms with Crippen LogP contribution in [0.3, 0.4) is 0 Å². The van der Waals surface area contributed by atoms with Crippen molar-refractivity contribution in [2.75, 3.05) is 29.4 Å². The summed E-state index contributed by atoms with van der Waals surface area (Å²) in [6.45, 7) is 2.89. The Morgan fingerprint density at radius 1 is 0.922 bits per heavy atom. The number of carbonyl (C=O) groups excluding carboxylic acids is 4. The minimum Gasteiger partial charge on any atom is -0.492 e. The van der Waals surface area contributed by atoms with Crippen LogP contribution in [0.25, 0.3) is 0 Å². The highest BCUT2D eigenvalue weighted by Crippen LogP contribution is 2.33. The van der Waals surface area contributed by atoms with Crippen LogP contribution in [0.1, 0.15) is 69.6 Å². The minimum atomic E-state index is -3.49. The van der Waals surface area contributed by atoms with Gasteiger partial charge in [-0.25, -0.2) is 18.4 Å². The first-order chi connectivity index (χ1) is 24.5. The monoisotopic (exact) mass is 712 g/mol. The van der Waals surface area contributed by atoms with Gasteiger partial charge in [-0.15, -0.1) is 0 Å². The van der Waals surface area contributed by atoms with Crippen molar-refractivity contribution in [3.8, 4) is 11.5 Å². The van der Waals surface area contributed by atoms with Gasteiger partial charge < -0.3 is 14.8 Å². The smallest absolute Gasteiger partial charge is 0.264 e. The summed E-state index contributed by atoms with van der Waals surface area (Å²) < 4.78 is 37.0. The number of rotatable bonds is 14. The topological polar surface area (TPSA) is 186 Å². The van der Waals surface area contributed by atoms with E-state index >= 15 is 0 Å². The third kappa shape index (κ3) is 8.15. The van der Waals surface area contributed by atoms with Crippen LogP contribution in [0.4, 0.5) is 11.6 Å². The number of sulfonamides is 1. The highest BCUT2D eigenvalue weighted by atomic mass is 32.2. The molecule has 1 aromatic heterocycles. The van der Waals surface area contributed by atoms with E-state index in [1.165, 1.54) is 6.20 Å². The molecule has 14 nitrogen and oxygen atoms in total. The fraction of sp³-hybridized carbons (Fsp3) is 0.278. The molecule has 1 saturated heterocycles. The van der Waals surface area contributed by atoms with Gasteiger partial charge in [-0.3, -0.25) is 34.1 Å². The molecule has 15 heteroatoms. The van der Waals surface area contributed by atoms with Crippen LogP contribution in [0.5, 0.6) is 11.5 Å². The molecule has 3 heterocycles. The summed E-state index contributed by atoms with van der Waals surface area (Å²) >= 11 is 0. The van der Waals surface area contributed by atoms with Crippen LogP contribution in [-0.2, 0) is 26.2 Å². The van der Waals surface area contributed by atoms with Crippen LogP contribution in [0.2, 0.25) is 0 Å². The first kappa shape index (κ1) is 35.0. The fourth-order valence-electron chi connectivity index (χ4n) is 6.12. The molecule has 0 aliphatic carbocycles. The number of anilines is 2. The second kappa shape index (κ2) is 15.0. The quantitative estimate of drug-likeness (QED) is 0.127. The van der Waals surface area contributed by atoms with E-state index in [2.05, 4.69) is 32.2 Å². The minimum absolute atomic E-state index is 0.0130. The normalized spacial score (nSPS) is 16.4. The Hall–Kier alpha value is -5.83. The Morgan fingerprint density at radius 3 is 2.25 bits per heavy atom. The molecule has 264 valence electrons. The first-order valence-electron chi connectivity index (χ1n) is 16.3. The lowest BCUT2D eigenvalue weighted by molar-refractivity contribution is -0.136. The zero-order valence-corrected chi connectivity index (χ0v) is 28.7. The Kier molecular flexibility index (Phi) is 10.3. The van der Waals surface area contributed by atoms with Gasteiger partial charge in [-0.05, 0) is 66.4 Å². The van der Waals surface area contributed by atoms with Crippen molar-refractivity contribution in [1.29, 1.82) is 0 Å². The van der Waals surface area contributed by atoms with E-state index in [1.54, 1.807) is 24.3 Å². The molecule has 51 heavy (non-hydrogen) atoms. The predicted molar refractivity (Wildman–Crippen MR) is 187 cm³/mol. The number of aromatic nitrogens is 2. The van der Waals surface area contributed by atoms with Crippen molar-refractivity contribution in [3.05, 3.63) is 107 Å². The number of fused-ring (bicyclic) bond motifs is 1. The van der Waals surface area contributed by atoms with Crippen molar-refractivity contribution in [2.24, 2.45) is 0 Å². The maximum absolute atomic E-state index is 13.3. The molecule has 3 aromatic carbocycles. The van der Waals surface area contributed by atoms with Gasteiger partial charge in [-0.1, -0.05) is 37.3 Å². The Bertz CT molecular complexity index is 2070. The van der Waals surface area contributed by atoms with E-state index in [9.17, 15) is 27.6 Å². The number of nitrogens with one attached hydrogen (secondary N) is 3. The zero-order valence-electron chi connectivity index (χ0n) is 27.9. The van der Waals surface area contributed by atoms with Crippen LogP contribution < -0.4 is 24.8 Å². The average Bonchev–Trinajstić information content (AvgIpc) is 3.36. The third-order valence-electron chi connectivity index (χ3n) is 8.50. The Labute approximate surface area is 294 Å². The molecule has 2 unspecified atom stereocenters. The third-order valence-corrected chi connectivity index (χ3v) is 9.06. The van der Waals surface area contributed by atoms with E-state index in [0.717, 1.165) is 28.7 Å². The molecule has 6 rings (SSSR count). The van der Waals surface area contributed by atoms with Crippen molar-refractivity contribution >= 4 is 45.3 Å². The number of piperidine rings is 1. The summed E-state index contributed by atoms with van der Waals surface area (Å²) in [6.07, 6.45) is 3.51. The number of ether oxygens (including phenoxy) is 2.